The molecule has 2 aromatic rings. The minimum absolute atomic E-state index is 0.102. The monoisotopic (exact) mass is 288 g/mol. The van der Waals surface area contributed by atoms with Gasteiger partial charge in [0.25, 0.3) is 0 Å². The number of carboxylic acid groups (broad SMARTS) is 1. The average molecular weight is 288 g/mol. The smallest absolute Gasteiger partial charge is 0.432 e. The van der Waals surface area contributed by atoms with Crippen LogP contribution in [0.4, 0.5) is 4.79 Å². The van der Waals surface area contributed by atoms with E-state index in [0.29, 0.717) is 22.2 Å². The van der Waals surface area contributed by atoms with Crippen LogP contribution in [0.5, 0.6) is 0 Å². The Kier molecular flexibility index (Phi) is 3.66. The molecule has 1 aromatic carbocycles. The first-order valence-corrected chi connectivity index (χ1v) is 9.71. The van der Waals surface area contributed by atoms with Crippen LogP contribution in [0.1, 0.15) is 11.3 Å². The second-order valence-corrected chi connectivity index (χ2v) is 10.3. The number of fused-ring (bicyclic) bond motifs is 1. The molecule has 6 heteroatoms. The summed E-state index contributed by atoms with van der Waals surface area (Å²) >= 11 is 0. The molecule has 104 valence electrons. The van der Waals surface area contributed by atoms with Gasteiger partial charge in [0.1, 0.15) is 13.8 Å². The van der Waals surface area contributed by atoms with Crippen LogP contribution in [-0.4, -0.2) is 34.2 Å². The summed E-state index contributed by atoms with van der Waals surface area (Å²) in [6, 6.07) is 5.05. The molecule has 0 unspecified atom stereocenters. The first-order valence-electron chi connectivity index (χ1n) is 6.21. The van der Waals surface area contributed by atoms with Gasteiger partial charge in [0.05, 0.1) is 12.1 Å². The second-order valence-electron chi connectivity index (χ2n) is 5.55. The Hall–Kier alpha value is -2.10. The maximum Gasteiger partial charge on any atom is 0.432 e. The van der Waals surface area contributed by atoms with Crippen molar-refractivity contribution in [2.24, 2.45) is 0 Å². The Balaban J connectivity index is 2.69. The van der Waals surface area contributed by atoms with Crippen LogP contribution in [0.2, 0.25) is 19.6 Å². The molecule has 0 bridgehead atoms. The quantitative estimate of drug-likeness (QED) is 0.623. The highest BCUT2D eigenvalue weighted by atomic mass is 28.3. The van der Waals surface area contributed by atoms with Crippen LogP contribution in [0.15, 0.2) is 18.2 Å². The summed E-state index contributed by atoms with van der Waals surface area (Å²) in [5, 5.41) is 23.1. The molecule has 5 nitrogen and oxygen atoms in total. The normalized spacial score (nSPS) is 11.2. The van der Waals surface area contributed by atoms with Crippen LogP contribution >= 0.6 is 0 Å². The number of aromatic nitrogens is 2. The van der Waals surface area contributed by atoms with E-state index in [9.17, 15) is 9.90 Å². The van der Waals surface area contributed by atoms with Gasteiger partial charge in [0.2, 0.25) is 0 Å². The van der Waals surface area contributed by atoms with Crippen molar-refractivity contribution in [3.63, 3.8) is 0 Å². The Labute approximate surface area is 117 Å². The number of hydrogen-bond acceptors (Lipinski definition) is 3. The molecule has 0 saturated carbocycles. The largest absolute Gasteiger partial charge is 0.463 e. The fourth-order valence-corrected chi connectivity index (χ4v) is 2.24. The van der Waals surface area contributed by atoms with E-state index in [-0.39, 0.29) is 6.61 Å². The van der Waals surface area contributed by atoms with Crippen molar-refractivity contribution in [1.82, 2.24) is 9.78 Å². The highest BCUT2D eigenvalue weighted by molar-refractivity contribution is 6.83. The van der Waals surface area contributed by atoms with Crippen molar-refractivity contribution in [3.8, 4) is 11.5 Å². The Morgan fingerprint density at radius 1 is 1.40 bits per heavy atom. The molecular weight excluding hydrogens is 272 g/mol. The predicted molar refractivity (Wildman–Crippen MR) is 79.3 cm³/mol. The van der Waals surface area contributed by atoms with E-state index in [1.54, 1.807) is 18.2 Å². The number of nitrogens with zero attached hydrogens (tertiary/aromatic N) is 2. The van der Waals surface area contributed by atoms with Gasteiger partial charge in [-0.25, -0.2) is 4.79 Å². The number of carbonyl (C=O) groups is 1. The number of hydrogen-bond donors (Lipinski definition) is 2. The SMILES string of the molecule is C[Si](C)(C)C#Cc1nn(C(=O)O)c2ccc(CO)cc12. The van der Waals surface area contributed by atoms with Crippen LogP contribution in [-0.2, 0) is 6.61 Å². The van der Waals surface area contributed by atoms with Gasteiger partial charge >= 0.3 is 6.09 Å². The molecular formula is C14H16N2O3Si. The molecule has 1 heterocycles. The summed E-state index contributed by atoms with van der Waals surface area (Å²) < 4.78 is 0.921. The zero-order valence-electron chi connectivity index (χ0n) is 11.6. The van der Waals surface area contributed by atoms with Gasteiger partial charge in [-0.2, -0.15) is 9.78 Å². The van der Waals surface area contributed by atoms with E-state index < -0.39 is 14.2 Å². The lowest BCUT2D eigenvalue weighted by molar-refractivity contribution is 0.194. The van der Waals surface area contributed by atoms with Crippen molar-refractivity contribution in [1.29, 1.82) is 0 Å². The van der Waals surface area contributed by atoms with Crippen LogP contribution in [0.3, 0.4) is 0 Å². The Morgan fingerprint density at radius 3 is 2.65 bits per heavy atom. The number of aliphatic hydroxyl groups excluding tert-OH is 1. The van der Waals surface area contributed by atoms with Gasteiger partial charge in [-0.05, 0) is 17.7 Å². The lowest BCUT2D eigenvalue weighted by Gasteiger charge is -2.02. The maximum atomic E-state index is 11.2. The molecule has 0 atom stereocenters. The van der Waals surface area contributed by atoms with E-state index in [1.165, 1.54) is 0 Å². The van der Waals surface area contributed by atoms with Gasteiger partial charge in [-0.3, -0.25) is 0 Å². The molecule has 2 N–H and O–H groups in total. The molecule has 1 aromatic heterocycles. The molecule has 0 saturated heterocycles. The number of aliphatic hydroxyl groups is 1. The lowest BCUT2D eigenvalue weighted by Crippen LogP contribution is -2.16. The van der Waals surface area contributed by atoms with Crippen LogP contribution in [0, 0.1) is 11.5 Å². The molecule has 0 aliphatic carbocycles. The second kappa shape index (κ2) is 5.11. The summed E-state index contributed by atoms with van der Waals surface area (Å²) in [6.45, 7) is 6.22. The molecule has 0 amide bonds. The van der Waals surface area contributed by atoms with Crippen molar-refractivity contribution in [2.45, 2.75) is 26.2 Å². The van der Waals surface area contributed by atoms with Gasteiger partial charge in [-0.15, -0.1) is 5.54 Å². The molecule has 20 heavy (non-hydrogen) atoms. The lowest BCUT2D eigenvalue weighted by atomic mass is 10.1. The van der Waals surface area contributed by atoms with E-state index in [4.69, 9.17) is 5.11 Å². The summed E-state index contributed by atoms with van der Waals surface area (Å²) in [5.74, 6) is 2.99. The van der Waals surface area contributed by atoms with Crippen molar-refractivity contribution < 1.29 is 15.0 Å². The first-order chi connectivity index (χ1) is 9.31. The van der Waals surface area contributed by atoms with Crippen molar-refractivity contribution >= 4 is 25.1 Å². The molecule has 0 aliphatic heterocycles. The highest BCUT2D eigenvalue weighted by Crippen LogP contribution is 2.20. The van der Waals surface area contributed by atoms with E-state index >= 15 is 0 Å². The van der Waals surface area contributed by atoms with E-state index in [1.807, 2.05) is 0 Å². The Bertz CT molecular complexity index is 732. The summed E-state index contributed by atoms with van der Waals surface area (Å²) in [7, 11) is -1.57. The van der Waals surface area contributed by atoms with Crippen molar-refractivity contribution in [3.05, 3.63) is 29.5 Å². The molecule has 0 radical (unpaired) electrons. The van der Waals surface area contributed by atoms with Crippen LogP contribution < -0.4 is 0 Å². The predicted octanol–water partition coefficient (Wildman–Crippen LogP) is 2.28. The summed E-state index contributed by atoms with van der Waals surface area (Å²) in [4.78, 5) is 11.2. The summed E-state index contributed by atoms with van der Waals surface area (Å²) in [5.41, 5.74) is 4.81. The molecule has 0 aliphatic rings. The standard InChI is InChI=1S/C14H16N2O3Si/c1-20(2,3)7-6-12-11-8-10(9-17)4-5-13(11)16(15-12)14(18)19/h4-5,8,17H,9H2,1-3H3,(H,18,19). The van der Waals surface area contributed by atoms with E-state index in [2.05, 4.69) is 36.2 Å². The van der Waals surface area contributed by atoms with E-state index in [0.717, 1.165) is 4.68 Å². The third-order valence-corrected chi connectivity index (χ3v) is 3.54. The zero-order chi connectivity index (χ0) is 14.9. The van der Waals surface area contributed by atoms with Gasteiger partial charge in [0.15, 0.2) is 0 Å². The molecule has 0 fully saturated rings. The average Bonchev–Trinajstić information content (AvgIpc) is 2.73. The fraction of sp³-hybridized carbons (Fsp3) is 0.286. The summed E-state index contributed by atoms with van der Waals surface area (Å²) in [6.07, 6.45) is -1.15. The highest BCUT2D eigenvalue weighted by Gasteiger charge is 2.15. The van der Waals surface area contributed by atoms with Gasteiger partial charge < -0.3 is 10.2 Å². The van der Waals surface area contributed by atoms with Crippen molar-refractivity contribution in [2.75, 3.05) is 0 Å². The zero-order valence-corrected chi connectivity index (χ0v) is 12.6. The minimum Gasteiger partial charge on any atom is -0.463 e. The third-order valence-electron chi connectivity index (χ3n) is 2.66. The molecule has 0 spiro atoms. The maximum absolute atomic E-state index is 11.2. The van der Waals surface area contributed by atoms with Gasteiger partial charge in [-0.1, -0.05) is 31.6 Å². The molecule has 2 rings (SSSR count). The van der Waals surface area contributed by atoms with Gasteiger partial charge in [0, 0.05) is 5.39 Å². The Morgan fingerprint density at radius 2 is 2.10 bits per heavy atom. The minimum atomic E-state index is -1.57. The fourth-order valence-electron chi connectivity index (χ4n) is 1.75. The number of benzene rings is 1. The van der Waals surface area contributed by atoms with Crippen LogP contribution in [0.25, 0.3) is 10.9 Å². The third kappa shape index (κ3) is 2.90. The topological polar surface area (TPSA) is 75.4 Å². The number of rotatable bonds is 1. The first kappa shape index (κ1) is 14.3.